The lowest BCUT2D eigenvalue weighted by Gasteiger charge is -2.06. The van der Waals surface area contributed by atoms with Gasteiger partial charge in [-0.3, -0.25) is 4.68 Å². The third kappa shape index (κ3) is 5.42. The van der Waals surface area contributed by atoms with Crippen LogP contribution in [0.15, 0.2) is 12.4 Å². The first-order valence-corrected chi connectivity index (χ1v) is 5.37. The molecule has 0 bridgehead atoms. The second-order valence-corrected chi connectivity index (χ2v) is 3.99. The predicted molar refractivity (Wildman–Crippen MR) is 59.0 cm³/mol. The van der Waals surface area contributed by atoms with Crippen LogP contribution in [0.25, 0.3) is 0 Å². The fourth-order valence-corrected chi connectivity index (χ4v) is 1.11. The lowest BCUT2D eigenvalue weighted by Crippen LogP contribution is -2.08. The summed E-state index contributed by atoms with van der Waals surface area (Å²) in [7, 11) is 1.87. The highest BCUT2D eigenvalue weighted by molar-refractivity contribution is 5.10. The van der Waals surface area contributed by atoms with Gasteiger partial charge < -0.3 is 9.47 Å². The van der Waals surface area contributed by atoms with Crippen LogP contribution in [-0.4, -0.2) is 29.6 Å². The number of aromatic nitrogens is 2. The van der Waals surface area contributed by atoms with Crippen LogP contribution >= 0.6 is 0 Å². The maximum Gasteiger partial charge on any atom is 0.157 e. The van der Waals surface area contributed by atoms with E-state index < -0.39 is 0 Å². The van der Waals surface area contributed by atoms with E-state index in [1.54, 1.807) is 10.9 Å². The molecule has 4 heteroatoms. The van der Waals surface area contributed by atoms with Gasteiger partial charge in [0.2, 0.25) is 0 Å². The molecule has 0 spiro atoms. The number of ether oxygens (including phenoxy) is 2. The predicted octanol–water partition coefficient (Wildman–Crippen LogP) is 1.86. The topological polar surface area (TPSA) is 36.3 Å². The van der Waals surface area contributed by atoms with E-state index in [2.05, 4.69) is 18.9 Å². The molecule has 0 N–H and O–H groups in total. The minimum absolute atomic E-state index is 0.587. The van der Waals surface area contributed by atoms with E-state index in [1.165, 1.54) is 0 Å². The molecule has 0 aliphatic rings. The molecule has 0 aliphatic carbocycles. The zero-order chi connectivity index (χ0) is 11.1. The zero-order valence-corrected chi connectivity index (χ0v) is 9.77. The molecule has 1 aromatic heterocycles. The molecule has 15 heavy (non-hydrogen) atoms. The van der Waals surface area contributed by atoms with Gasteiger partial charge in [0, 0.05) is 13.7 Å². The van der Waals surface area contributed by atoms with E-state index in [9.17, 15) is 0 Å². The largest absolute Gasteiger partial charge is 0.488 e. The molecular weight excluding hydrogens is 192 g/mol. The average Bonchev–Trinajstić information content (AvgIpc) is 2.57. The number of aryl methyl sites for hydroxylation is 1. The Morgan fingerprint density at radius 2 is 2.13 bits per heavy atom. The fraction of sp³-hybridized carbons (Fsp3) is 0.727. The number of hydrogen-bond acceptors (Lipinski definition) is 3. The van der Waals surface area contributed by atoms with E-state index in [1.807, 2.05) is 13.2 Å². The highest BCUT2D eigenvalue weighted by atomic mass is 16.5. The monoisotopic (exact) mass is 212 g/mol. The van der Waals surface area contributed by atoms with E-state index >= 15 is 0 Å². The highest BCUT2D eigenvalue weighted by Gasteiger charge is 1.97. The van der Waals surface area contributed by atoms with E-state index in [4.69, 9.17) is 9.47 Å². The summed E-state index contributed by atoms with van der Waals surface area (Å²) < 4.78 is 12.6. The smallest absolute Gasteiger partial charge is 0.157 e. The summed E-state index contributed by atoms with van der Waals surface area (Å²) in [6, 6.07) is 0. The molecule has 86 valence electrons. The summed E-state index contributed by atoms with van der Waals surface area (Å²) in [5.41, 5.74) is 0. The van der Waals surface area contributed by atoms with Gasteiger partial charge in [0.1, 0.15) is 6.61 Å². The second kappa shape index (κ2) is 6.45. The maximum atomic E-state index is 5.43. The molecule has 4 nitrogen and oxygen atoms in total. The molecule has 0 aromatic carbocycles. The standard InChI is InChI=1S/C11H20N2O2/c1-10(2)4-5-14-6-7-15-11-8-12-13(3)9-11/h8-10H,4-7H2,1-3H3. The number of nitrogens with zero attached hydrogens (tertiary/aromatic N) is 2. The van der Waals surface area contributed by atoms with Gasteiger partial charge in [-0.1, -0.05) is 13.8 Å². The lowest BCUT2D eigenvalue weighted by molar-refractivity contribution is 0.0925. The molecular formula is C11H20N2O2. The van der Waals surface area contributed by atoms with Crippen LogP contribution in [0.5, 0.6) is 5.75 Å². The van der Waals surface area contributed by atoms with E-state index in [0.29, 0.717) is 19.1 Å². The van der Waals surface area contributed by atoms with E-state index in [0.717, 1.165) is 18.8 Å². The fourth-order valence-electron chi connectivity index (χ4n) is 1.11. The Balaban J connectivity index is 1.98. The summed E-state index contributed by atoms with van der Waals surface area (Å²) in [5, 5.41) is 4.01. The summed E-state index contributed by atoms with van der Waals surface area (Å²) in [6.07, 6.45) is 4.65. The minimum Gasteiger partial charge on any atom is -0.488 e. The van der Waals surface area contributed by atoms with Gasteiger partial charge in [-0.2, -0.15) is 5.10 Å². The van der Waals surface area contributed by atoms with E-state index in [-0.39, 0.29) is 0 Å². The molecule has 0 atom stereocenters. The Kier molecular flexibility index (Phi) is 5.18. The SMILES string of the molecule is CC(C)CCOCCOc1cnn(C)c1. The third-order valence-corrected chi connectivity index (χ3v) is 2.02. The van der Waals surface area contributed by atoms with Gasteiger partial charge in [-0.15, -0.1) is 0 Å². The molecule has 0 saturated heterocycles. The van der Waals surface area contributed by atoms with Crippen molar-refractivity contribution in [2.75, 3.05) is 19.8 Å². The van der Waals surface area contributed by atoms with Crippen molar-refractivity contribution in [2.24, 2.45) is 13.0 Å². The summed E-state index contributed by atoms with van der Waals surface area (Å²) in [6.45, 7) is 6.42. The average molecular weight is 212 g/mol. The molecule has 1 rings (SSSR count). The quantitative estimate of drug-likeness (QED) is 0.647. The highest BCUT2D eigenvalue weighted by Crippen LogP contribution is 2.06. The number of rotatable bonds is 7. The Hall–Kier alpha value is -1.03. The summed E-state index contributed by atoms with van der Waals surface area (Å²) in [5.74, 6) is 1.49. The molecule has 0 saturated carbocycles. The zero-order valence-electron chi connectivity index (χ0n) is 9.77. The first-order valence-electron chi connectivity index (χ1n) is 5.37. The van der Waals surface area contributed by atoms with Crippen molar-refractivity contribution in [1.82, 2.24) is 9.78 Å². The van der Waals surface area contributed by atoms with Gasteiger partial charge in [-0.25, -0.2) is 0 Å². The summed E-state index contributed by atoms with van der Waals surface area (Å²) in [4.78, 5) is 0. The minimum atomic E-state index is 0.587. The number of hydrogen-bond donors (Lipinski definition) is 0. The Labute approximate surface area is 91.2 Å². The van der Waals surface area contributed by atoms with Crippen LogP contribution < -0.4 is 4.74 Å². The van der Waals surface area contributed by atoms with Crippen molar-refractivity contribution in [2.45, 2.75) is 20.3 Å². The van der Waals surface area contributed by atoms with Crippen LogP contribution in [0.4, 0.5) is 0 Å². The van der Waals surface area contributed by atoms with Crippen molar-refractivity contribution in [3.63, 3.8) is 0 Å². The van der Waals surface area contributed by atoms with Crippen LogP contribution in [0.1, 0.15) is 20.3 Å². The Morgan fingerprint density at radius 3 is 2.73 bits per heavy atom. The van der Waals surface area contributed by atoms with Gasteiger partial charge in [-0.05, 0) is 12.3 Å². The van der Waals surface area contributed by atoms with Gasteiger partial charge in [0.25, 0.3) is 0 Å². The second-order valence-electron chi connectivity index (χ2n) is 3.99. The maximum absolute atomic E-state index is 5.43. The first-order chi connectivity index (χ1) is 7.18. The molecule has 0 amide bonds. The normalized spacial score (nSPS) is 10.9. The van der Waals surface area contributed by atoms with Gasteiger partial charge in [0.05, 0.1) is 19.0 Å². The summed E-state index contributed by atoms with van der Waals surface area (Å²) >= 11 is 0. The Morgan fingerprint density at radius 1 is 1.33 bits per heavy atom. The van der Waals surface area contributed by atoms with Crippen molar-refractivity contribution < 1.29 is 9.47 Å². The van der Waals surface area contributed by atoms with Crippen LogP contribution in [0, 0.1) is 5.92 Å². The molecule has 0 unspecified atom stereocenters. The first kappa shape index (κ1) is 12.0. The van der Waals surface area contributed by atoms with Crippen LogP contribution in [-0.2, 0) is 11.8 Å². The van der Waals surface area contributed by atoms with Crippen molar-refractivity contribution in [3.8, 4) is 5.75 Å². The third-order valence-electron chi connectivity index (χ3n) is 2.02. The van der Waals surface area contributed by atoms with Gasteiger partial charge in [0.15, 0.2) is 5.75 Å². The molecule has 1 heterocycles. The molecule has 0 fully saturated rings. The van der Waals surface area contributed by atoms with Crippen LogP contribution in [0.3, 0.4) is 0 Å². The molecule has 0 aliphatic heterocycles. The lowest BCUT2D eigenvalue weighted by atomic mass is 10.1. The molecule has 0 radical (unpaired) electrons. The van der Waals surface area contributed by atoms with Crippen LogP contribution in [0.2, 0.25) is 0 Å². The van der Waals surface area contributed by atoms with Crippen molar-refractivity contribution in [1.29, 1.82) is 0 Å². The van der Waals surface area contributed by atoms with Crippen molar-refractivity contribution >= 4 is 0 Å². The Bertz CT molecular complexity index is 271. The van der Waals surface area contributed by atoms with Gasteiger partial charge >= 0.3 is 0 Å². The molecule has 1 aromatic rings. The van der Waals surface area contributed by atoms with Crippen molar-refractivity contribution in [3.05, 3.63) is 12.4 Å².